The van der Waals surface area contributed by atoms with Crippen molar-refractivity contribution in [2.24, 2.45) is 5.92 Å². The van der Waals surface area contributed by atoms with Gasteiger partial charge in [0, 0.05) is 25.8 Å². The van der Waals surface area contributed by atoms with Crippen LogP contribution in [0, 0.1) is 5.92 Å². The largest absolute Gasteiger partial charge is 0.478 e. The van der Waals surface area contributed by atoms with Gasteiger partial charge in [-0.2, -0.15) is 0 Å². The number of hydrogen-bond acceptors (Lipinski definition) is 5. The number of piperidine rings is 1. The zero-order valence-corrected chi connectivity index (χ0v) is 12.0. The van der Waals surface area contributed by atoms with Crippen molar-refractivity contribution in [1.29, 1.82) is 0 Å². The third kappa shape index (κ3) is 3.39. The lowest BCUT2D eigenvalue weighted by Crippen LogP contribution is -2.37. The van der Waals surface area contributed by atoms with Crippen LogP contribution in [-0.2, 0) is 0 Å². The summed E-state index contributed by atoms with van der Waals surface area (Å²) in [6.07, 6.45) is 3.60. The van der Waals surface area contributed by atoms with Crippen molar-refractivity contribution in [1.82, 2.24) is 9.88 Å². The lowest BCUT2D eigenvalue weighted by molar-refractivity contribution is 0.0696. The number of aromatic nitrogens is 1. The van der Waals surface area contributed by atoms with Crippen molar-refractivity contribution in [3.05, 3.63) is 17.8 Å². The predicted octanol–water partition coefficient (Wildman–Crippen LogP) is 1.14. The molecule has 0 bridgehead atoms. The Morgan fingerprint density at radius 2 is 2.15 bits per heavy atom. The van der Waals surface area contributed by atoms with Crippen LogP contribution in [0.1, 0.15) is 23.2 Å². The highest BCUT2D eigenvalue weighted by Gasteiger charge is 2.22. The summed E-state index contributed by atoms with van der Waals surface area (Å²) in [5.74, 6) is 0.416. The molecule has 110 valence electrons. The highest BCUT2D eigenvalue weighted by molar-refractivity contribution is 5.89. The summed E-state index contributed by atoms with van der Waals surface area (Å²) in [6.45, 7) is 2.94. The number of nitrogens with two attached hydrogens (primary N) is 1. The maximum absolute atomic E-state index is 10.9. The Balaban J connectivity index is 2.02. The van der Waals surface area contributed by atoms with Gasteiger partial charge in [0.1, 0.15) is 0 Å². The number of nitrogens with zero attached hydrogens (tertiary/aromatic N) is 3. The molecule has 3 N–H and O–H groups in total. The number of carbonyl (C=O) groups is 1. The molecule has 20 heavy (non-hydrogen) atoms. The number of nitrogen functional groups attached to an aromatic ring is 1. The molecule has 1 saturated heterocycles. The molecule has 2 rings (SSSR count). The summed E-state index contributed by atoms with van der Waals surface area (Å²) >= 11 is 0. The Hall–Kier alpha value is -1.82. The molecule has 0 atom stereocenters. The second-order valence-corrected chi connectivity index (χ2v) is 5.63. The van der Waals surface area contributed by atoms with Crippen LogP contribution in [0.2, 0.25) is 0 Å². The van der Waals surface area contributed by atoms with Crippen molar-refractivity contribution in [3.63, 3.8) is 0 Å². The fourth-order valence-corrected chi connectivity index (χ4v) is 2.70. The summed E-state index contributed by atoms with van der Waals surface area (Å²) < 4.78 is 0. The van der Waals surface area contributed by atoms with Gasteiger partial charge in [-0.15, -0.1) is 0 Å². The van der Waals surface area contributed by atoms with E-state index in [-0.39, 0.29) is 5.56 Å². The van der Waals surface area contributed by atoms with Crippen LogP contribution >= 0.6 is 0 Å². The topological polar surface area (TPSA) is 82.7 Å². The molecule has 0 saturated carbocycles. The maximum Gasteiger partial charge on any atom is 0.337 e. The van der Waals surface area contributed by atoms with Gasteiger partial charge in [0.2, 0.25) is 0 Å². The number of pyridine rings is 1. The Labute approximate surface area is 119 Å². The lowest BCUT2D eigenvalue weighted by Gasteiger charge is -2.34. The van der Waals surface area contributed by atoms with E-state index in [1.807, 2.05) is 0 Å². The van der Waals surface area contributed by atoms with Gasteiger partial charge in [-0.1, -0.05) is 0 Å². The molecule has 1 aromatic heterocycles. The van der Waals surface area contributed by atoms with Crippen LogP contribution in [-0.4, -0.2) is 54.7 Å². The Morgan fingerprint density at radius 1 is 1.50 bits per heavy atom. The first kappa shape index (κ1) is 14.6. The third-order valence-corrected chi connectivity index (χ3v) is 3.68. The van der Waals surface area contributed by atoms with Gasteiger partial charge in [0.15, 0.2) is 5.82 Å². The van der Waals surface area contributed by atoms with Gasteiger partial charge in [0.25, 0.3) is 0 Å². The molecule has 0 unspecified atom stereocenters. The number of carboxylic acid groups (broad SMARTS) is 1. The van der Waals surface area contributed by atoms with Gasteiger partial charge in [-0.25, -0.2) is 9.78 Å². The second-order valence-electron chi connectivity index (χ2n) is 5.63. The molecule has 0 radical (unpaired) electrons. The number of rotatable bonds is 4. The summed E-state index contributed by atoms with van der Waals surface area (Å²) in [5.41, 5.74) is 6.50. The zero-order valence-electron chi connectivity index (χ0n) is 12.0. The summed E-state index contributed by atoms with van der Waals surface area (Å²) in [7, 11) is 4.19. The van der Waals surface area contributed by atoms with E-state index < -0.39 is 5.97 Å². The van der Waals surface area contributed by atoms with Gasteiger partial charge >= 0.3 is 5.97 Å². The molecule has 1 aromatic rings. The highest BCUT2D eigenvalue weighted by Crippen LogP contribution is 2.26. The van der Waals surface area contributed by atoms with Crippen LogP contribution in [0.4, 0.5) is 11.5 Å². The third-order valence-electron chi connectivity index (χ3n) is 3.68. The van der Waals surface area contributed by atoms with E-state index in [0.717, 1.165) is 32.5 Å². The van der Waals surface area contributed by atoms with Crippen molar-refractivity contribution in [3.8, 4) is 0 Å². The smallest absolute Gasteiger partial charge is 0.337 e. The van der Waals surface area contributed by atoms with Crippen molar-refractivity contribution in [2.45, 2.75) is 12.8 Å². The molecular formula is C14H22N4O2. The van der Waals surface area contributed by atoms with Gasteiger partial charge < -0.3 is 20.6 Å². The van der Waals surface area contributed by atoms with E-state index in [1.165, 1.54) is 12.3 Å². The van der Waals surface area contributed by atoms with Crippen LogP contribution in [0.25, 0.3) is 0 Å². The first-order valence-corrected chi connectivity index (χ1v) is 6.86. The minimum atomic E-state index is -1.000. The van der Waals surface area contributed by atoms with Crippen LogP contribution < -0.4 is 10.6 Å². The molecule has 0 spiro atoms. The van der Waals surface area contributed by atoms with Crippen LogP contribution in [0.5, 0.6) is 0 Å². The second kappa shape index (κ2) is 6.09. The average molecular weight is 278 g/mol. The molecule has 1 fully saturated rings. The van der Waals surface area contributed by atoms with E-state index in [2.05, 4.69) is 28.9 Å². The lowest BCUT2D eigenvalue weighted by atomic mass is 9.96. The number of anilines is 2. The van der Waals surface area contributed by atoms with Crippen molar-refractivity contribution >= 4 is 17.5 Å². The molecular weight excluding hydrogens is 256 g/mol. The average Bonchev–Trinajstić information content (AvgIpc) is 2.39. The normalized spacial score (nSPS) is 16.6. The molecule has 1 aliphatic rings. The number of carboxylic acids is 1. The van der Waals surface area contributed by atoms with Gasteiger partial charge in [0.05, 0.1) is 11.3 Å². The monoisotopic (exact) mass is 278 g/mol. The Bertz CT molecular complexity index is 482. The van der Waals surface area contributed by atoms with Crippen LogP contribution in [0.15, 0.2) is 12.3 Å². The number of aromatic carboxylic acids is 1. The molecule has 6 heteroatoms. The first-order chi connectivity index (χ1) is 9.47. The first-order valence-electron chi connectivity index (χ1n) is 6.86. The Morgan fingerprint density at radius 3 is 2.65 bits per heavy atom. The summed E-state index contributed by atoms with van der Waals surface area (Å²) in [4.78, 5) is 19.5. The standard InChI is InChI=1S/C14H22N4O2/c1-17(2)9-10-3-5-18(6-4-10)13-12(15)7-11(8-16-13)14(19)20/h7-8,10H,3-6,9,15H2,1-2H3,(H,19,20). The fraction of sp³-hybridized carbons (Fsp3) is 0.571. The van der Waals surface area contributed by atoms with Crippen LogP contribution in [0.3, 0.4) is 0 Å². The fourth-order valence-electron chi connectivity index (χ4n) is 2.70. The maximum atomic E-state index is 10.9. The molecule has 0 amide bonds. The SMILES string of the molecule is CN(C)CC1CCN(c2ncc(C(=O)O)cc2N)CC1. The number of hydrogen-bond donors (Lipinski definition) is 2. The Kier molecular flexibility index (Phi) is 4.44. The zero-order chi connectivity index (χ0) is 14.7. The van der Waals surface area contributed by atoms with E-state index in [1.54, 1.807) is 0 Å². The van der Waals surface area contributed by atoms with Crippen molar-refractivity contribution < 1.29 is 9.90 Å². The highest BCUT2D eigenvalue weighted by atomic mass is 16.4. The molecule has 0 aliphatic carbocycles. The summed E-state index contributed by atoms with van der Waals surface area (Å²) in [5, 5.41) is 8.92. The van der Waals surface area contributed by atoms with E-state index in [9.17, 15) is 4.79 Å². The molecule has 6 nitrogen and oxygen atoms in total. The van der Waals surface area contributed by atoms with E-state index in [4.69, 9.17) is 10.8 Å². The minimum absolute atomic E-state index is 0.133. The quantitative estimate of drug-likeness (QED) is 0.859. The predicted molar refractivity (Wildman–Crippen MR) is 79.1 cm³/mol. The van der Waals surface area contributed by atoms with E-state index >= 15 is 0 Å². The van der Waals surface area contributed by atoms with Gasteiger partial charge in [-0.3, -0.25) is 0 Å². The van der Waals surface area contributed by atoms with E-state index in [0.29, 0.717) is 17.4 Å². The molecule has 1 aliphatic heterocycles. The molecule has 2 heterocycles. The summed E-state index contributed by atoms with van der Waals surface area (Å²) in [6, 6.07) is 1.48. The molecule has 0 aromatic carbocycles. The van der Waals surface area contributed by atoms with Gasteiger partial charge in [-0.05, 0) is 38.9 Å². The minimum Gasteiger partial charge on any atom is -0.478 e. The van der Waals surface area contributed by atoms with Crippen molar-refractivity contribution in [2.75, 3.05) is 44.4 Å².